The molecule has 0 unspecified atom stereocenters. The highest BCUT2D eigenvalue weighted by atomic mass is 15.2. The summed E-state index contributed by atoms with van der Waals surface area (Å²) in [4.78, 5) is 2.76. The van der Waals surface area contributed by atoms with E-state index >= 15 is 0 Å². The van der Waals surface area contributed by atoms with E-state index in [0.29, 0.717) is 0 Å². The first-order valence-electron chi connectivity index (χ1n) is 11.1. The summed E-state index contributed by atoms with van der Waals surface area (Å²) in [5, 5.41) is 0. The molecular weight excluding hydrogens is 292 g/mol. The van der Waals surface area contributed by atoms with Crippen LogP contribution in [0.5, 0.6) is 0 Å². The van der Waals surface area contributed by atoms with Crippen LogP contribution in [-0.2, 0) is 0 Å². The van der Waals surface area contributed by atoms with Crippen LogP contribution in [0.1, 0.15) is 112 Å². The molecule has 24 heavy (non-hydrogen) atoms. The Bertz CT molecular complexity index is 278. The summed E-state index contributed by atoms with van der Waals surface area (Å²) < 4.78 is 2.76. The van der Waals surface area contributed by atoms with E-state index in [9.17, 15) is 0 Å². The van der Waals surface area contributed by atoms with Crippen molar-refractivity contribution in [2.45, 2.75) is 112 Å². The van der Waals surface area contributed by atoms with Crippen LogP contribution in [0.25, 0.3) is 0 Å². The minimum Gasteiger partial charge on any atom is -0.266 e. The Morgan fingerprint density at radius 1 is 0.583 bits per heavy atom. The molecule has 0 atom stereocenters. The van der Waals surface area contributed by atoms with Crippen LogP contribution in [0.3, 0.4) is 0 Å². The summed E-state index contributed by atoms with van der Waals surface area (Å²) in [7, 11) is 0. The molecular formula is C22H47N2+. The summed E-state index contributed by atoms with van der Waals surface area (Å²) in [5.41, 5.74) is 0. The van der Waals surface area contributed by atoms with Gasteiger partial charge in [0.05, 0.1) is 26.2 Å². The summed E-state index contributed by atoms with van der Waals surface area (Å²) in [6, 6.07) is 0. The molecule has 0 radical (unpaired) electrons. The fraction of sp³-hybridized carbons (Fsp3) is 0.955. The molecule has 0 fully saturated rings. The summed E-state index contributed by atoms with van der Waals surface area (Å²) in [6.45, 7) is 16.6. The Hall–Kier alpha value is -0.530. The SMILES string of the molecule is CCCCCC(N(CCCC)CCCC)=[N+](CCCC)CCCC. The van der Waals surface area contributed by atoms with Crippen molar-refractivity contribution in [2.75, 3.05) is 26.2 Å². The first-order chi connectivity index (χ1) is 11.7. The van der Waals surface area contributed by atoms with Gasteiger partial charge in [-0.15, -0.1) is 0 Å². The Morgan fingerprint density at radius 2 is 1.04 bits per heavy atom. The van der Waals surface area contributed by atoms with Gasteiger partial charge in [-0.05, 0) is 32.1 Å². The van der Waals surface area contributed by atoms with Crippen LogP contribution >= 0.6 is 0 Å². The molecule has 0 rings (SSSR count). The highest BCUT2D eigenvalue weighted by Crippen LogP contribution is 2.10. The number of nitrogens with zero attached hydrogens (tertiary/aromatic N) is 2. The monoisotopic (exact) mass is 339 g/mol. The maximum atomic E-state index is 2.76. The lowest BCUT2D eigenvalue weighted by atomic mass is 10.1. The van der Waals surface area contributed by atoms with Crippen LogP contribution in [0.4, 0.5) is 0 Å². The van der Waals surface area contributed by atoms with Gasteiger partial charge in [-0.2, -0.15) is 0 Å². The molecule has 0 heterocycles. The molecule has 2 heteroatoms. The van der Waals surface area contributed by atoms with Crippen molar-refractivity contribution in [3.05, 3.63) is 0 Å². The fourth-order valence-corrected chi connectivity index (χ4v) is 3.19. The minimum atomic E-state index is 1.26. The number of hydrogen-bond donors (Lipinski definition) is 0. The van der Waals surface area contributed by atoms with E-state index in [2.05, 4.69) is 44.1 Å². The zero-order chi connectivity index (χ0) is 18.0. The molecule has 0 aliphatic rings. The molecule has 0 saturated carbocycles. The molecule has 0 amide bonds. The van der Waals surface area contributed by atoms with Gasteiger partial charge in [-0.1, -0.05) is 73.1 Å². The van der Waals surface area contributed by atoms with Gasteiger partial charge in [0, 0.05) is 6.42 Å². The highest BCUT2D eigenvalue weighted by molar-refractivity contribution is 5.77. The first-order valence-corrected chi connectivity index (χ1v) is 11.1. The fourth-order valence-electron chi connectivity index (χ4n) is 3.19. The Morgan fingerprint density at radius 3 is 1.46 bits per heavy atom. The lowest BCUT2D eigenvalue weighted by Crippen LogP contribution is -2.40. The van der Waals surface area contributed by atoms with Crippen molar-refractivity contribution in [1.29, 1.82) is 0 Å². The third kappa shape index (κ3) is 11.1. The van der Waals surface area contributed by atoms with Gasteiger partial charge in [0.25, 0.3) is 0 Å². The molecule has 0 aliphatic carbocycles. The van der Waals surface area contributed by atoms with Gasteiger partial charge in [-0.3, -0.25) is 9.48 Å². The largest absolute Gasteiger partial charge is 0.266 e. The van der Waals surface area contributed by atoms with E-state index in [1.165, 1.54) is 103 Å². The zero-order valence-corrected chi connectivity index (χ0v) is 17.7. The van der Waals surface area contributed by atoms with Gasteiger partial charge >= 0.3 is 0 Å². The van der Waals surface area contributed by atoms with Crippen molar-refractivity contribution in [2.24, 2.45) is 0 Å². The van der Waals surface area contributed by atoms with Crippen molar-refractivity contribution in [3.63, 3.8) is 0 Å². The Labute approximate surface area is 153 Å². The maximum absolute atomic E-state index is 2.76. The van der Waals surface area contributed by atoms with E-state index in [1.807, 2.05) is 0 Å². The van der Waals surface area contributed by atoms with Crippen molar-refractivity contribution >= 4 is 5.84 Å². The normalized spacial score (nSPS) is 10.9. The van der Waals surface area contributed by atoms with Gasteiger partial charge in [-0.25, -0.2) is 0 Å². The molecule has 144 valence electrons. The average Bonchev–Trinajstić information content (AvgIpc) is 2.60. The number of amidine groups is 1. The zero-order valence-electron chi connectivity index (χ0n) is 17.7. The lowest BCUT2D eigenvalue weighted by molar-refractivity contribution is -0.535. The van der Waals surface area contributed by atoms with Gasteiger partial charge in [0.15, 0.2) is 0 Å². The number of unbranched alkanes of at least 4 members (excludes halogenated alkanes) is 6. The number of rotatable bonds is 16. The lowest BCUT2D eigenvalue weighted by Gasteiger charge is -2.23. The molecule has 0 aromatic rings. The van der Waals surface area contributed by atoms with Crippen LogP contribution in [0.15, 0.2) is 0 Å². The topological polar surface area (TPSA) is 6.25 Å². The third-order valence-electron chi connectivity index (χ3n) is 4.86. The van der Waals surface area contributed by atoms with E-state index in [1.54, 1.807) is 5.84 Å². The van der Waals surface area contributed by atoms with Crippen LogP contribution in [0, 0.1) is 0 Å². The second-order valence-corrected chi connectivity index (χ2v) is 7.26. The first kappa shape index (κ1) is 23.5. The van der Waals surface area contributed by atoms with E-state index in [4.69, 9.17) is 0 Å². The predicted octanol–water partition coefficient (Wildman–Crippen LogP) is 6.48. The molecule has 0 aromatic heterocycles. The number of hydrogen-bond acceptors (Lipinski definition) is 0. The average molecular weight is 340 g/mol. The second kappa shape index (κ2) is 17.3. The molecule has 0 saturated heterocycles. The van der Waals surface area contributed by atoms with Crippen molar-refractivity contribution in [1.82, 2.24) is 4.90 Å². The molecule has 0 bridgehead atoms. The summed E-state index contributed by atoms with van der Waals surface area (Å²) in [5.74, 6) is 1.67. The van der Waals surface area contributed by atoms with Gasteiger partial charge in [0.1, 0.15) is 0 Å². The second-order valence-electron chi connectivity index (χ2n) is 7.26. The van der Waals surface area contributed by atoms with Crippen LogP contribution in [0.2, 0.25) is 0 Å². The molecule has 0 spiro atoms. The van der Waals surface area contributed by atoms with Crippen molar-refractivity contribution < 1.29 is 4.58 Å². The third-order valence-corrected chi connectivity index (χ3v) is 4.86. The van der Waals surface area contributed by atoms with E-state index in [0.717, 1.165) is 0 Å². The predicted molar refractivity (Wildman–Crippen MR) is 110 cm³/mol. The standard InChI is InChI=1S/C22H47N2/c1-6-11-16-17-22(23(18-12-7-2)19-13-8-3)24(20-14-9-4)21-15-10-5/h6-21H2,1-5H3/q+1. The molecule has 0 aromatic carbocycles. The summed E-state index contributed by atoms with van der Waals surface area (Å²) >= 11 is 0. The Balaban J connectivity index is 5.31. The van der Waals surface area contributed by atoms with Gasteiger partial charge in [0.2, 0.25) is 5.84 Å². The molecule has 0 N–H and O–H groups in total. The minimum absolute atomic E-state index is 1.26. The van der Waals surface area contributed by atoms with Crippen molar-refractivity contribution in [3.8, 4) is 0 Å². The molecule has 0 aliphatic heterocycles. The van der Waals surface area contributed by atoms with E-state index < -0.39 is 0 Å². The smallest absolute Gasteiger partial charge is 0.246 e. The molecule has 2 nitrogen and oxygen atoms in total. The maximum Gasteiger partial charge on any atom is 0.246 e. The Kier molecular flexibility index (Phi) is 16.9. The van der Waals surface area contributed by atoms with Gasteiger partial charge < -0.3 is 0 Å². The van der Waals surface area contributed by atoms with Crippen LogP contribution in [-0.4, -0.2) is 41.5 Å². The summed E-state index contributed by atoms with van der Waals surface area (Å²) in [6.07, 6.45) is 15.9. The highest BCUT2D eigenvalue weighted by Gasteiger charge is 2.21. The quantitative estimate of drug-likeness (QED) is 0.135. The van der Waals surface area contributed by atoms with E-state index in [-0.39, 0.29) is 0 Å². The van der Waals surface area contributed by atoms with Crippen LogP contribution < -0.4 is 0 Å².